The third-order valence-corrected chi connectivity index (χ3v) is 6.60. The van der Waals surface area contributed by atoms with Gasteiger partial charge in [-0.25, -0.2) is 4.79 Å². The molecule has 3 aliphatic heterocycles. The Hall–Kier alpha value is -1.33. The van der Waals surface area contributed by atoms with Crippen molar-refractivity contribution >= 4 is 32.8 Å². The molecule has 0 radical (unpaired) electrons. The summed E-state index contributed by atoms with van der Waals surface area (Å²) in [6.07, 6.45) is 5.21. The van der Waals surface area contributed by atoms with E-state index in [-0.39, 0.29) is 11.4 Å². The van der Waals surface area contributed by atoms with Gasteiger partial charge in [0.05, 0.1) is 12.2 Å². The number of nitrogens with zero attached hydrogens (tertiary/aromatic N) is 1. The Bertz CT molecular complexity index is 746. The quantitative estimate of drug-likeness (QED) is 0.826. The minimum Gasteiger partial charge on any atom is -0.461 e. The van der Waals surface area contributed by atoms with E-state index in [0.29, 0.717) is 12.2 Å². The smallest absolute Gasteiger partial charge is 0.340 e. The fraction of sp³-hybridized carbons (Fsp3) is 0.500. The first-order chi connectivity index (χ1) is 11.1. The average Bonchev–Trinajstić information content (AvgIpc) is 3.03. The van der Waals surface area contributed by atoms with Gasteiger partial charge in [-0.05, 0) is 73.4 Å². The molecule has 0 atom stereocenters. The molecule has 0 aliphatic carbocycles. The van der Waals surface area contributed by atoms with Crippen molar-refractivity contribution in [3.63, 3.8) is 0 Å². The van der Waals surface area contributed by atoms with Gasteiger partial charge in [0.25, 0.3) is 0 Å². The second kappa shape index (κ2) is 5.64. The number of H-pyrrole nitrogens is 1. The van der Waals surface area contributed by atoms with Crippen molar-refractivity contribution in [1.82, 2.24) is 9.88 Å². The molecule has 4 heterocycles. The molecule has 0 amide bonds. The van der Waals surface area contributed by atoms with Gasteiger partial charge in [-0.2, -0.15) is 0 Å². The molecule has 23 heavy (non-hydrogen) atoms. The zero-order valence-corrected chi connectivity index (χ0v) is 14.9. The van der Waals surface area contributed by atoms with Crippen LogP contribution in [0.15, 0.2) is 22.8 Å². The predicted octanol–water partition coefficient (Wildman–Crippen LogP) is 3.88. The third-order valence-electron chi connectivity index (χ3n) is 5.58. The Morgan fingerprint density at radius 2 is 2.00 bits per heavy atom. The number of ether oxygens (including phenoxy) is 1. The number of esters is 1. The van der Waals surface area contributed by atoms with Crippen LogP contribution in [0.3, 0.4) is 0 Å². The predicted molar refractivity (Wildman–Crippen MR) is 93.7 cm³/mol. The Kier molecular flexibility index (Phi) is 3.73. The van der Waals surface area contributed by atoms with Crippen molar-refractivity contribution < 1.29 is 9.53 Å². The maximum Gasteiger partial charge on any atom is 0.340 e. The van der Waals surface area contributed by atoms with Crippen molar-refractivity contribution in [2.75, 3.05) is 26.2 Å². The van der Waals surface area contributed by atoms with Crippen LogP contribution in [0.1, 0.15) is 35.2 Å². The van der Waals surface area contributed by atoms with Gasteiger partial charge < -0.3 is 14.6 Å². The van der Waals surface area contributed by atoms with Crippen LogP contribution in [0.2, 0.25) is 0 Å². The maximum atomic E-state index is 12.6. The summed E-state index contributed by atoms with van der Waals surface area (Å²) in [6, 6.07) is 4.04. The summed E-state index contributed by atoms with van der Waals surface area (Å²) < 4.78 is 6.71. The fourth-order valence-electron chi connectivity index (χ4n) is 3.86. The number of hydrogen-bond acceptors (Lipinski definition) is 3. The number of hydrogen-bond donors (Lipinski definition) is 1. The number of benzene rings is 1. The lowest BCUT2D eigenvalue weighted by atomic mass is 9.73. The summed E-state index contributed by atoms with van der Waals surface area (Å²) in [6.45, 7) is 6.02. The van der Waals surface area contributed by atoms with Crippen LogP contribution in [0, 0.1) is 12.3 Å². The van der Waals surface area contributed by atoms with Gasteiger partial charge in [0.2, 0.25) is 0 Å². The van der Waals surface area contributed by atoms with E-state index in [9.17, 15) is 4.79 Å². The van der Waals surface area contributed by atoms with Gasteiger partial charge in [0.15, 0.2) is 0 Å². The van der Waals surface area contributed by atoms with Crippen LogP contribution in [0.25, 0.3) is 10.9 Å². The Morgan fingerprint density at radius 1 is 1.30 bits per heavy atom. The first-order valence-corrected chi connectivity index (χ1v) is 9.03. The fourth-order valence-corrected chi connectivity index (χ4v) is 4.42. The summed E-state index contributed by atoms with van der Waals surface area (Å²) in [5.74, 6) is -0.218. The van der Waals surface area contributed by atoms with E-state index >= 15 is 0 Å². The molecule has 4 nitrogen and oxygen atoms in total. The molecule has 3 fully saturated rings. The minimum atomic E-state index is -0.218. The Balaban J connectivity index is 1.54. The van der Waals surface area contributed by atoms with Crippen LogP contribution < -0.4 is 0 Å². The van der Waals surface area contributed by atoms with Crippen LogP contribution in [-0.4, -0.2) is 42.1 Å². The highest BCUT2D eigenvalue weighted by atomic mass is 79.9. The number of carbonyl (C=O) groups is 1. The molecule has 2 bridgehead atoms. The van der Waals surface area contributed by atoms with Gasteiger partial charge in [-0.3, -0.25) is 0 Å². The molecule has 0 saturated carbocycles. The molecule has 0 spiro atoms. The molecule has 5 heteroatoms. The summed E-state index contributed by atoms with van der Waals surface area (Å²) in [5, 5.41) is 0.922. The first kappa shape index (κ1) is 15.2. The monoisotopic (exact) mass is 376 g/mol. The summed E-state index contributed by atoms with van der Waals surface area (Å²) in [5.41, 5.74) is 2.91. The molecule has 122 valence electrons. The topological polar surface area (TPSA) is 45.3 Å². The highest BCUT2D eigenvalue weighted by Crippen LogP contribution is 2.40. The Morgan fingerprint density at radius 3 is 2.70 bits per heavy atom. The van der Waals surface area contributed by atoms with E-state index in [1.807, 2.05) is 19.1 Å². The van der Waals surface area contributed by atoms with Crippen molar-refractivity contribution in [2.45, 2.75) is 26.2 Å². The second-order valence-electron chi connectivity index (χ2n) is 6.99. The number of aromatic nitrogens is 1. The third kappa shape index (κ3) is 2.60. The highest BCUT2D eigenvalue weighted by Gasteiger charge is 2.40. The Labute approximate surface area is 144 Å². The van der Waals surface area contributed by atoms with Crippen LogP contribution >= 0.6 is 15.9 Å². The van der Waals surface area contributed by atoms with E-state index in [2.05, 4.69) is 25.8 Å². The number of piperidine rings is 3. The zero-order valence-electron chi connectivity index (χ0n) is 13.3. The lowest BCUT2D eigenvalue weighted by Gasteiger charge is -2.47. The van der Waals surface area contributed by atoms with Gasteiger partial charge in [0.1, 0.15) is 0 Å². The molecule has 2 aromatic rings. The van der Waals surface area contributed by atoms with Crippen molar-refractivity contribution in [2.24, 2.45) is 5.41 Å². The lowest BCUT2D eigenvalue weighted by molar-refractivity contribution is -0.0304. The van der Waals surface area contributed by atoms with E-state index in [1.54, 1.807) is 6.20 Å². The number of nitrogens with one attached hydrogen (secondary N) is 1. The molecule has 3 aliphatic rings. The molecule has 0 unspecified atom stereocenters. The second-order valence-corrected chi connectivity index (χ2v) is 7.78. The van der Waals surface area contributed by atoms with E-state index in [4.69, 9.17) is 4.74 Å². The molecular weight excluding hydrogens is 356 g/mol. The van der Waals surface area contributed by atoms with Crippen LogP contribution in [0.4, 0.5) is 0 Å². The summed E-state index contributed by atoms with van der Waals surface area (Å²) >= 11 is 3.60. The zero-order chi connectivity index (χ0) is 16.0. The molecule has 3 saturated heterocycles. The van der Waals surface area contributed by atoms with Gasteiger partial charge in [-0.1, -0.05) is 6.07 Å². The summed E-state index contributed by atoms with van der Waals surface area (Å²) in [7, 11) is 0. The summed E-state index contributed by atoms with van der Waals surface area (Å²) in [4.78, 5) is 18.3. The molecular formula is C18H21BrN2O2. The van der Waals surface area contributed by atoms with Gasteiger partial charge >= 0.3 is 5.97 Å². The van der Waals surface area contributed by atoms with E-state index < -0.39 is 0 Å². The molecule has 1 N–H and O–H groups in total. The van der Waals surface area contributed by atoms with Gasteiger partial charge in [0, 0.05) is 27.0 Å². The molecule has 1 aromatic carbocycles. The normalized spacial score (nSPS) is 26.6. The number of rotatable bonds is 3. The largest absolute Gasteiger partial charge is 0.461 e. The standard InChI is InChI=1S/C18H21BrN2O2/c1-12-2-3-14-15(16(12)19)13(10-20-14)17(22)23-11-18-4-7-21(8-5-18)9-6-18/h2-3,10,20H,4-9,11H2,1H3. The number of aryl methyl sites for hydroxylation is 1. The number of aromatic amines is 1. The number of fused-ring (bicyclic) bond motifs is 4. The van der Waals surface area contributed by atoms with Crippen molar-refractivity contribution in [3.05, 3.63) is 33.9 Å². The lowest BCUT2D eigenvalue weighted by Crippen LogP contribution is -2.50. The average molecular weight is 377 g/mol. The maximum absolute atomic E-state index is 12.6. The number of carbonyl (C=O) groups excluding carboxylic acids is 1. The first-order valence-electron chi connectivity index (χ1n) is 8.24. The van der Waals surface area contributed by atoms with Crippen molar-refractivity contribution in [3.8, 4) is 0 Å². The van der Waals surface area contributed by atoms with Gasteiger partial charge in [-0.15, -0.1) is 0 Å². The van der Waals surface area contributed by atoms with Crippen LogP contribution in [-0.2, 0) is 4.74 Å². The SMILES string of the molecule is Cc1ccc2[nH]cc(C(=O)OCC34CCN(CC3)CC4)c2c1Br. The minimum absolute atomic E-state index is 0.212. The molecule has 5 rings (SSSR count). The molecule has 1 aromatic heterocycles. The highest BCUT2D eigenvalue weighted by molar-refractivity contribution is 9.10. The van der Waals surface area contributed by atoms with Crippen molar-refractivity contribution in [1.29, 1.82) is 0 Å². The number of halogens is 1. The van der Waals surface area contributed by atoms with E-state index in [1.165, 1.54) is 0 Å². The van der Waals surface area contributed by atoms with Crippen LogP contribution in [0.5, 0.6) is 0 Å². The van der Waals surface area contributed by atoms with E-state index in [0.717, 1.165) is 59.8 Å².